The predicted molar refractivity (Wildman–Crippen MR) is 103 cm³/mol. The number of amides is 2. The molecule has 0 radical (unpaired) electrons. The molecule has 0 aliphatic carbocycles. The van der Waals surface area contributed by atoms with E-state index in [9.17, 15) is 9.59 Å². The number of anilines is 1. The fourth-order valence-electron chi connectivity index (χ4n) is 2.27. The Balaban J connectivity index is 0.00000312. The van der Waals surface area contributed by atoms with Crippen LogP contribution in [0, 0.1) is 0 Å². The van der Waals surface area contributed by atoms with Gasteiger partial charge in [0.1, 0.15) is 16.7 Å². The summed E-state index contributed by atoms with van der Waals surface area (Å²) in [7, 11) is 0. The van der Waals surface area contributed by atoms with Gasteiger partial charge in [-0.1, -0.05) is 25.1 Å². The minimum atomic E-state index is -0.597. The largest absolute Gasteiger partial charge is 0.326 e. The molecule has 3 N–H and O–H groups in total. The van der Waals surface area contributed by atoms with Crippen molar-refractivity contribution in [2.75, 3.05) is 11.9 Å². The topological polar surface area (TPSA) is 88.3 Å². The first-order valence-corrected chi connectivity index (χ1v) is 8.76. The van der Waals surface area contributed by atoms with Gasteiger partial charge in [0.15, 0.2) is 0 Å². The summed E-state index contributed by atoms with van der Waals surface area (Å²) in [5.74, 6) is -0.471. The second-order valence-corrected chi connectivity index (χ2v) is 6.30. The van der Waals surface area contributed by atoms with Crippen molar-refractivity contribution in [3.63, 3.8) is 0 Å². The third kappa shape index (κ3) is 5.52. The molecule has 0 aliphatic rings. The van der Waals surface area contributed by atoms with E-state index in [0.717, 1.165) is 6.42 Å². The molecule has 1 unspecified atom stereocenters. The molecular weight excluding hydrogens is 360 g/mol. The van der Waals surface area contributed by atoms with Crippen molar-refractivity contribution in [2.45, 2.75) is 32.9 Å². The first kappa shape index (κ1) is 21.1. The van der Waals surface area contributed by atoms with Gasteiger partial charge in [0, 0.05) is 24.2 Å². The maximum absolute atomic E-state index is 12.7. The predicted octanol–water partition coefficient (Wildman–Crippen LogP) is 2.90. The van der Waals surface area contributed by atoms with Crippen LogP contribution in [0.1, 0.15) is 35.8 Å². The number of thiazole rings is 1. The minimum absolute atomic E-state index is 0. The number of aromatic nitrogens is 1. The Labute approximate surface area is 157 Å². The van der Waals surface area contributed by atoms with E-state index >= 15 is 0 Å². The molecule has 0 bridgehead atoms. The summed E-state index contributed by atoms with van der Waals surface area (Å²) in [6.07, 6.45) is 0.753. The molecule has 0 saturated heterocycles. The molecular formula is C17H23ClN4O2S. The first-order chi connectivity index (χ1) is 11.6. The van der Waals surface area contributed by atoms with E-state index in [1.807, 2.05) is 37.3 Å². The van der Waals surface area contributed by atoms with Gasteiger partial charge < -0.3 is 16.0 Å². The molecule has 1 aromatic heterocycles. The lowest BCUT2D eigenvalue weighted by Crippen LogP contribution is -2.46. The van der Waals surface area contributed by atoms with Gasteiger partial charge in [0.2, 0.25) is 5.91 Å². The van der Waals surface area contributed by atoms with Gasteiger partial charge in [-0.25, -0.2) is 4.98 Å². The highest BCUT2D eigenvalue weighted by Gasteiger charge is 2.27. The summed E-state index contributed by atoms with van der Waals surface area (Å²) in [6.45, 7) is 4.48. The summed E-state index contributed by atoms with van der Waals surface area (Å²) >= 11 is 1.35. The molecule has 2 aromatic rings. The van der Waals surface area contributed by atoms with Gasteiger partial charge in [-0.15, -0.1) is 23.7 Å². The Morgan fingerprint density at radius 3 is 2.56 bits per heavy atom. The van der Waals surface area contributed by atoms with Gasteiger partial charge in [-0.2, -0.15) is 0 Å². The number of nitrogens with one attached hydrogen (secondary N) is 1. The molecule has 1 aromatic carbocycles. The van der Waals surface area contributed by atoms with Crippen molar-refractivity contribution in [3.05, 3.63) is 46.4 Å². The molecule has 0 spiro atoms. The van der Waals surface area contributed by atoms with Crippen molar-refractivity contribution < 1.29 is 9.59 Å². The van der Waals surface area contributed by atoms with Crippen molar-refractivity contribution in [1.29, 1.82) is 0 Å². The number of carbonyl (C=O) groups excluding carboxylic acids is 2. The number of para-hydroxylation sites is 1. The second-order valence-electron chi connectivity index (χ2n) is 5.36. The highest BCUT2D eigenvalue weighted by Crippen LogP contribution is 2.15. The number of hydrogen-bond donors (Lipinski definition) is 2. The number of rotatable bonds is 7. The molecule has 136 valence electrons. The Bertz CT molecular complexity index is 693. The van der Waals surface area contributed by atoms with E-state index < -0.39 is 6.04 Å². The maximum Gasteiger partial charge on any atom is 0.274 e. The van der Waals surface area contributed by atoms with E-state index in [4.69, 9.17) is 5.73 Å². The third-order valence-corrected chi connectivity index (χ3v) is 4.43. The molecule has 2 amide bonds. The molecule has 2 rings (SSSR count). The quantitative estimate of drug-likeness (QED) is 0.770. The van der Waals surface area contributed by atoms with E-state index in [0.29, 0.717) is 29.5 Å². The monoisotopic (exact) mass is 382 g/mol. The van der Waals surface area contributed by atoms with Crippen LogP contribution in [0.4, 0.5) is 5.69 Å². The molecule has 8 heteroatoms. The summed E-state index contributed by atoms with van der Waals surface area (Å²) in [5, 5.41) is 5.23. The van der Waals surface area contributed by atoms with Gasteiger partial charge >= 0.3 is 0 Å². The van der Waals surface area contributed by atoms with Crippen LogP contribution in [0.25, 0.3) is 0 Å². The normalized spacial score (nSPS) is 11.3. The molecule has 6 nitrogen and oxygen atoms in total. The molecule has 1 heterocycles. The summed E-state index contributed by atoms with van der Waals surface area (Å²) in [5.41, 5.74) is 6.60. The summed E-state index contributed by atoms with van der Waals surface area (Å²) in [4.78, 5) is 31.0. The Morgan fingerprint density at radius 1 is 1.32 bits per heavy atom. The molecule has 1 atom stereocenters. The van der Waals surface area contributed by atoms with Crippen LogP contribution in [0.15, 0.2) is 35.7 Å². The zero-order valence-electron chi connectivity index (χ0n) is 14.3. The lowest BCUT2D eigenvalue weighted by molar-refractivity contribution is -0.120. The van der Waals surface area contributed by atoms with Gasteiger partial charge in [-0.05, 0) is 25.5 Å². The van der Waals surface area contributed by atoms with Crippen LogP contribution in [0.5, 0.6) is 0 Å². The van der Waals surface area contributed by atoms with Crippen LogP contribution < -0.4 is 11.1 Å². The van der Waals surface area contributed by atoms with Crippen molar-refractivity contribution in [3.8, 4) is 0 Å². The zero-order valence-corrected chi connectivity index (χ0v) is 15.9. The Hall–Kier alpha value is -1.96. The smallest absolute Gasteiger partial charge is 0.274 e. The van der Waals surface area contributed by atoms with Gasteiger partial charge in [0.05, 0.1) is 0 Å². The SMILES string of the molecule is CCCN(C(=O)c1csc(CN)n1)C(C)C(=O)Nc1ccccc1.Cl. The zero-order chi connectivity index (χ0) is 17.5. The van der Waals surface area contributed by atoms with Crippen molar-refractivity contribution in [1.82, 2.24) is 9.88 Å². The van der Waals surface area contributed by atoms with Crippen LogP contribution in [-0.2, 0) is 11.3 Å². The van der Waals surface area contributed by atoms with Crippen LogP contribution in [0.3, 0.4) is 0 Å². The van der Waals surface area contributed by atoms with Gasteiger partial charge in [-0.3, -0.25) is 9.59 Å². The molecule has 0 fully saturated rings. The number of carbonyl (C=O) groups is 2. The van der Waals surface area contributed by atoms with Crippen molar-refractivity contribution in [2.24, 2.45) is 5.73 Å². The lowest BCUT2D eigenvalue weighted by atomic mass is 10.2. The summed E-state index contributed by atoms with van der Waals surface area (Å²) < 4.78 is 0. The number of halogens is 1. The number of nitrogens with zero attached hydrogens (tertiary/aromatic N) is 2. The Kier molecular flexibility index (Phi) is 8.54. The average Bonchev–Trinajstić information content (AvgIpc) is 3.08. The molecule has 25 heavy (non-hydrogen) atoms. The van der Waals surface area contributed by atoms with Crippen molar-refractivity contribution >= 4 is 41.2 Å². The fraction of sp³-hybridized carbons (Fsp3) is 0.353. The number of nitrogens with two attached hydrogens (primary N) is 1. The maximum atomic E-state index is 12.7. The summed E-state index contributed by atoms with van der Waals surface area (Å²) in [6, 6.07) is 8.59. The van der Waals surface area contributed by atoms with E-state index in [-0.39, 0.29) is 24.2 Å². The van der Waals surface area contributed by atoms with E-state index in [1.54, 1.807) is 17.2 Å². The Morgan fingerprint density at radius 2 is 2.00 bits per heavy atom. The molecule has 0 saturated carbocycles. The standard InChI is InChI=1S/C17H22N4O2S.ClH/c1-3-9-21(17(23)14-11-24-15(10-18)20-14)12(2)16(22)19-13-7-5-4-6-8-13;/h4-8,11-12H,3,9-10,18H2,1-2H3,(H,19,22);1H. The highest BCUT2D eigenvalue weighted by molar-refractivity contribution is 7.09. The molecule has 0 aliphatic heterocycles. The van der Waals surface area contributed by atoms with E-state index in [2.05, 4.69) is 10.3 Å². The van der Waals surface area contributed by atoms with Gasteiger partial charge in [0.25, 0.3) is 5.91 Å². The van der Waals surface area contributed by atoms with E-state index in [1.165, 1.54) is 11.3 Å². The van der Waals surface area contributed by atoms with Crippen LogP contribution in [-0.4, -0.2) is 34.3 Å². The third-order valence-electron chi connectivity index (χ3n) is 3.56. The number of benzene rings is 1. The van der Waals surface area contributed by atoms with Crippen LogP contribution in [0.2, 0.25) is 0 Å². The average molecular weight is 383 g/mol. The number of hydrogen-bond acceptors (Lipinski definition) is 5. The highest BCUT2D eigenvalue weighted by atomic mass is 35.5. The first-order valence-electron chi connectivity index (χ1n) is 7.88. The lowest BCUT2D eigenvalue weighted by Gasteiger charge is -2.27. The minimum Gasteiger partial charge on any atom is -0.326 e. The fourth-order valence-corrected chi connectivity index (χ4v) is 2.92. The second kappa shape index (κ2) is 10.1. The van der Waals surface area contributed by atoms with Crippen LogP contribution >= 0.6 is 23.7 Å².